The van der Waals surface area contributed by atoms with Crippen LogP contribution in [-0.4, -0.2) is 70.2 Å². The molecule has 0 amide bonds. The molecular formula is C23H28FN3O. The van der Waals surface area contributed by atoms with Gasteiger partial charge in [0, 0.05) is 57.4 Å². The number of aliphatic hydroxyl groups is 1. The molecule has 28 heavy (non-hydrogen) atoms. The van der Waals surface area contributed by atoms with E-state index in [2.05, 4.69) is 45.0 Å². The molecule has 5 heteroatoms. The Hall–Kier alpha value is -1.79. The van der Waals surface area contributed by atoms with E-state index in [4.69, 9.17) is 0 Å². The van der Waals surface area contributed by atoms with Crippen LogP contribution >= 0.6 is 0 Å². The second-order valence-corrected chi connectivity index (χ2v) is 8.81. The zero-order valence-electron chi connectivity index (χ0n) is 16.2. The first kappa shape index (κ1) is 18.3. The molecule has 0 aromatic heterocycles. The topological polar surface area (TPSA) is 30.0 Å². The quantitative estimate of drug-likeness (QED) is 0.881. The van der Waals surface area contributed by atoms with E-state index in [0.29, 0.717) is 12.6 Å². The van der Waals surface area contributed by atoms with Gasteiger partial charge in [-0.15, -0.1) is 0 Å². The number of rotatable bonds is 4. The van der Waals surface area contributed by atoms with Gasteiger partial charge >= 0.3 is 0 Å². The van der Waals surface area contributed by atoms with Gasteiger partial charge in [0.1, 0.15) is 5.82 Å². The van der Waals surface area contributed by atoms with Crippen LogP contribution in [0.2, 0.25) is 0 Å². The fourth-order valence-corrected chi connectivity index (χ4v) is 5.52. The fraction of sp³-hybridized carbons (Fsp3) is 0.478. The van der Waals surface area contributed by atoms with Gasteiger partial charge in [-0.05, 0) is 18.1 Å². The van der Waals surface area contributed by atoms with Crippen molar-refractivity contribution >= 4 is 0 Å². The maximum Gasteiger partial charge on any atom is 0.127 e. The van der Waals surface area contributed by atoms with E-state index < -0.39 is 0 Å². The summed E-state index contributed by atoms with van der Waals surface area (Å²) in [6, 6.07) is 18.1. The number of likely N-dealkylation sites (tertiary alicyclic amines) is 1. The second kappa shape index (κ2) is 7.23. The van der Waals surface area contributed by atoms with Crippen LogP contribution < -0.4 is 0 Å². The summed E-state index contributed by atoms with van der Waals surface area (Å²) in [5.74, 6) is -0.118. The van der Waals surface area contributed by atoms with Crippen molar-refractivity contribution in [3.8, 4) is 0 Å². The van der Waals surface area contributed by atoms with Crippen LogP contribution in [0, 0.1) is 5.82 Å². The first-order chi connectivity index (χ1) is 13.6. The monoisotopic (exact) mass is 381 g/mol. The summed E-state index contributed by atoms with van der Waals surface area (Å²) in [6.07, 6.45) is 0.638. The molecule has 3 heterocycles. The van der Waals surface area contributed by atoms with Crippen LogP contribution in [0.5, 0.6) is 0 Å². The number of halogens is 1. The lowest BCUT2D eigenvalue weighted by molar-refractivity contribution is -0.118. The van der Waals surface area contributed by atoms with Crippen molar-refractivity contribution in [3.05, 3.63) is 71.5 Å². The first-order valence-electron chi connectivity index (χ1n) is 10.3. The summed E-state index contributed by atoms with van der Waals surface area (Å²) >= 11 is 0. The van der Waals surface area contributed by atoms with Crippen LogP contribution in [0.15, 0.2) is 54.6 Å². The van der Waals surface area contributed by atoms with Crippen LogP contribution in [0.3, 0.4) is 0 Å². The number of hydrogen-bond acceptors (Lipinski definition) is 4. The summed E-state index contributed by atoms with van der Waals surface area (Å²) < 4.78 is 14.0. The van der Waals surface area contributed by atoms with Gasteiger partial charge in [-0.2, -0.15) is 0 Å². The van der Waals surface area contributed by atoms with Crippen LogP contribution in [0.1, 0.15) is 17.5 Å². The van der Waals surface area contributed by atoms with E-state index in [1.54, 1.807) is 12.1 Å². The van der Waals surface area contributed by atoms with Gasteiger partial charge < -0.3 is 5.11 Å². The Balaban J connectivity index is 1.30. The zero-order valence-corrected chi connectivity index (χ0v) is 16.2. The Morgan fingerprint density at radius 1 is 0.893 bits per heavy atom. The molecular weight excluding hydrogens is 353 g/mol. The lowest BCUT2D eigenvalue weighted by Gasteiger charge is -2.61. The van der Waals surface area contributed by atoms with Gasteiger partial charge in [-0.25, -0.2) is 4.39 Å². The summed E-state index contributed by atoms with van der Waals surface area (Å²) in [4.78, 5) is 7.44. The normalized spacial score (nSPS) is 27.6. The minimum Gasteiger partial charge on any atom is -0.392 e. The molecule has 5 rings (SSSR count). The van der Waals surface area contributed by atoms with Gasteiger partial charge in [0.25, 0.3) is 0 Å². The predicted molar refractivity (Wildman–Crippen MR) is 107 cm³/mol. The zero-order chi connectivity index (χ0) is 19.1. The molecule has 2 aromatic carbocycles. The maximum absolute atomic E-state index is 14.0. The van der Waals surface area contributed by atoms with Gasteiger partial charge in [0.05, 0.1) is 11.6 Å². The number of benzene rings is 2. The molecule has 3 fully saturated rings. The maximum atomic E-state index is 14.0. The van der Waals surface area contributed by atoms with Crippen LogP contribution in [-0.2, 0) is 13.1 Å². The minimum absolute atomic E-state index is 0.0838. The highest BCUT2D eigenvalue weighted by molar-refractivity contribution is 5.21. The standard InChI is InChI=1S/C23H28FN3O/c24-22-9-5-4-8-19(22)12-26-16-23(17-26)15-25(11-18-6-2-1-3-7-18)13-20-10-21(28)14-27(20)23/h1-9,20-21,28H,10-17H2/t20-,21+/m0/s1. The van der Waals surface area contributed by atoms with Gasteiger partial charge in [-0.1, -0.05) is 48.5 Å². The first-order valence-corrected chi connectivity index (χ1v) is 10.3. The Bertz CT molecular complexity index is 824. The number of aliphatic hydroxyl groups excluding tert-OH is 1. The van der Waals surface area contributed by atoms with E-state index in [1.807, 2.05) is 12.1 Å². The molecule has 2 atom stereocenters. The van der Waals surface area contributed by atoms with Crippen molar-refractivity contribution in [3.63, 3.8) is 0 Å². The molecule has 0 unspecified atom stereocenters. The fourth-order valence-electron chi connectivity index (χ4n) is 5.52. The lowest BCUT2D eigenvalue weighted by Crippen LogP contribution is -2.77. The summed E-state index contributed by atoms with van der Waals surface area (Å²) in [5.41, 5.74) is 2.19. The highest BCUT2D eigenvalue weighted by Crippen LogP contribution is 2.39. The Labute approximate surface area is 166 Å². The highest BCUT2D eigenvalue weighted by atomic mass is 19.1. The van der Waals surface area contributed by atoms with E-state index >= 15 is 0 Å². The molecule has 0 saturated carbocycles. The number of piperazine rings is 1. The third-order valence-electron chi connectivity index (χ3n) is 6.63. The summed E-state index contributed by atoms with van der Waals surface area (Å²) in [6.45, 7) is 6.30. The Kier molecular flexibility index (Phi) is 4.71. The smallest absolute Gasteiger partial charge is 0.127 e. The van der Waals surface area contributed by atoms with E-state index in [0.717, 1.165) is 51.3 Å². The molecule has 0 aliphatic carbocycles. The molecule has 3 aliphatic heterocycles. The molecule has 0 radical (unpaired) electrons. The molecule has 1 N–H and O–H groups in total. The third kappa shape index (κ3) is 3.37. The lowest BCUT2D eigenvalue weighted by atomic mass is 9.83. The molecule has 148 valence electrons. The van der Waals surface area contributed by atoms with Crippen LogP contribution in [0.25, 0.3) is 0 Å². The van der Waals surface area contributed by atoms with Crippen molar-refractivity contribution in [1.29, 1.82) is 0 Å². The predicted octanol–water partition coefficient (Wildman–Crippen LogP) is 2.33. The number of hydrogen-bond donors (Lipinski definition) is 1. The van der Waals surface area contributed by atoms with Crippen molar-refractivity contribution < 1.29 is 9.50 Å². The van der Waals surface area contributed by atoms with Crippen molar-refractivity contribution in [2.24, 2.45) is 0 Å². The Morgan fingerprint density at radius 3 is 2.39 bits per heavy atom. The van der Waals surface area contributed by atoms with Crippen LogP contribution in [0.4, 0.5) is 4.39 Å². The number of nitrogens with zero attached hydrogens (tertiary/aromatic N) is 3. The molecule has 1 spiro atoms. The molecule has 4 nitrogen and oxygen atoms in total. The number of fused-ring (bicyclic) bond motifs is 2. The highest BCUT2D eigenvalue weighted by Gasteiger charge is 2.55. The largest absolute Gasteiger partial charge is 0.392 e. The van der Waals surface area contributed by atoms with E-state index in [1.165, 1.54) is 5.56 Å². The van der Waals surface area contributed by atoms with Crippen molar-refractivity contribution in [2.45, 2.75) is 37.2 Å². The summed E-state index contributed by atoms with van der Waals surface area (Å²) in [5, 5.41) is 10.3. The van der Waals surface area contributed by atoms with Crippen molar-refractivity contribution in [1.82, 2.24) is 14.7 Å². The Morgan fingerprint density at radius 2 is 1.61 bits per heavy atom. The molecule has 2 aromatic rings. The average molecular weight is 381 g/mol. The average Bonchev–Trinajstić information content (AvgIpc) is 3.03. The van der Waals surface area contributed by atoms with E-state index in [-0.39, 0.29) is 17.5 Å². The van der Waals surface area contributed by atoms with Gasteiger partial charge in [-0.3, -0.25) is 14.7 Å². The van der Waals surface area contributed by atoms with Gasteiger partial charge in [0.15, 0.2) is 0 Å². The van der Waals surface area contributed by atoms with Gasteiger partial charge in [0.2, 0.25) is 0 Å². The van der Waals surface area contributed by atoms with E-state index in [9.17, 15) is 9.50 Å². The molecule has 3 aliphatic rings. The third-order valence-corrected chi connectivity index (χ3v) is 6.63. The molecule has 3 saturated heterocycles. The minimum atomic E-state index is -0.223. The molecule has 0 bridgehead atoms. The summed E-state index contributed by atoms with van der Waals surface area (Å²) in [7, 11) is 0. The number of β-amino-alcohol motifs (C(OH)–C–C–N with tert-alkyl or cyclic N) is 1. The second-order valence-electron chi connectivity index (χ2n) is 8.81. The SMILES string of the molecule is O[C@@H]1C[C@H]2CN(Cc3ccccc3)CC3(CN(Cc4ccccc4F)C3)N2C1. The van der Waals surface area contributed by atoms with Crippen molar-refractivity contribution in [2.75, 3.05) is 32.7 Å².